The Morgan fingerprint density at radius 2 is 1.91 bits per heavy atom. The Morgan fingerprint density at radius 1 is 1.36 bits per heavy atom. The van der Waals surface area contributed by atoms with E-state index in [2.05, 4.69) is 5.20 Å². The molecule has 7 heteroatoms. The molecule has 0 aliphatic carbocycles. The number of hydrogen-bond donors (Lipinski definition) is 3. The molecule has 1 heterocycles. The van der Waals surface area contributed by atoms with Gasteiger partial charge in [-0.05, 0) is 0 Å². The molecule has 0 saturated carbocycles. The van der Waals surface area contributed by atoms with Crippen molar-refractivity contribution >= 4 is 7.75 Å². The van der Waals surface area contributed by atoms with E-state index in [0.29, 0.717) is 26.3 Å². The zero-order valence-electron chi connectivity index (χ0n) is 5.93. The standard InChI is InChI=1S/C4H11N2O4P/c7-11(8,9)5-6-1-3-10-4-2-6/h1-4H2,(H3,5,7,8,9). The molecule has 1 rings (SSSR count). The number of hydrogen-bond acceptors (Lipinski definition) is 3. The summed E-state index contributed by atoms with van der Waals surface area (Å²) in [6.45, 7) is 2.02. The third-order valence-corrected chi connectivity index (χ3v) is 1.83. The Hall–Kier alpha value is 0.0300. The summed E-state index contributed by atoms with van der Waals surface area (Å²) in [5.41, 5.74) is 0. The number of nitrogens with zero attached hydrogens (tertiary/aromatic N) is 1. The number of hydrazine groups is 1. The second-order valence-corrected chi connectivity index (χ2v) is 3.53. The van der Waals surface area contributed by atoms with Crippen LogP contribution in [0.15, 0.2) is 0 Å². The van der Waals surface area contributed by atoms with Crippen LogP contribution in [0.5, 0.6) is 0 Å². The van der Waals surface area contributed by atoms with Gasteiger partial charge in [0.25, 0.3) is 0 Å². The lowest BCUT2D eigenvalue weighted by Crippen LogP contribution is -2.43. The van der Waals surface area contributed by atoms with Crippen LogP contribution in [-0.4, -0.2) is 41.1 Å². The van der Waals surface area contributed by atoms with Crippen molar-refractivity contribution in [3.63, 3.8) is 0 Å². The van der Waals surface area contributed by atoms with E-state index in [1.54, 1.807) is 0 Å². The third-order valence-electron chi connectivity index (χ3n) is 1.28. The van der Waals surface area contributed by atoms with Gasteiger partial charge in [-0.15, -0.1) is 0 Å². The van der Waals surface area contributed by atoms with Crippen molar-refractivity contribution in [2.45, 2.75) is 0 Å². The van der Waals surface area contributed by atoms with Crippen LogP contribution in [-0.2, 0) is 9.30 Å². The highest BCUT2D eigenvalue weighted by molar-refractivity contribution is 7.49. The number of ether oxygens (including phenoxy) is 1. The second-order valence-electron chi connectivity index (χ2n) is 2.24. The molecule has 0 spiro atoms. The first-order chi connectivity index (χ1) is 5.08. The minimum atomic E-state index is -4.11. The predicted molar refractivity (Wildman–Crippen MR) is 37.6 cm³/mol. The Morgan fingerprint density at radius 3 is 2.36 bits per heavy atom. The normalized spacial score (nSPS) is 22.0. The maximum atomic E-state index is 10.4. The van der Waals surface area contributed by atoms with E-state index >= 15 is 0 Å². The van der Waals surface area contributed by atoms with Crippen molar-refractivity contribution in [2.75, 3.05) is 26.3 Å². The van der Waals surface area contributed by atoms with Gasteiger partial charge in [0.15, 0.2) is 0 Å². The average Bonchev–Trinajstić information content (AvgIpc) is 1.85. The molecule has 0 bridgehead atoms. The van der Waals surface area contributed by atoms with Crippen molar-refractivity contribution < 1.29 is 19.1 Å². The third kappa shape index (κ3) is 3.81. The maximum absolute atomic E-state index is 10.4. The topological polar surface area (TPSA) is 82.0 Å². The summed E-state index contributed by atoms with van der Waals surface area (Å²) in [5.74, 6) is 0. The zero-order chi connectivity index (χ0) is 8.32. The monoisotopic (exact) mass is 182 g/mol. The lowest BCUT2D eigenvalue weighted by Gasteiger charge is -2.26. The molecule has 1 aliphatic rings. The van der Waals surface area contributed by atoms with E-state index in [9.17, 15) is 4.57 Å². The summed E-state index contributed by atoms with van der Waals surface area (Å²) < 4.78 is 15.4. The van der Waals surface area contributed by atoms with Crippen LogP contribution >= 0.6 is 7.75 Å². The first kappa shape index (κ1) is 9.12. The van der Waals surface area contributed by atoms with Crippen LogP contribution in [0.3, 0.4) is 0 Å². The molecule has 1 aliphatic heterocycles. The highest BCUT2D eigenvalue weighted by Gasteiger charge is 2.19. The highest BCUT2D eigenvalue weighted by atomic mass is 31.2. The van der Waals surface area contributed by atoms with Gasteiger partial charge in [-0.25, -0.2) is 9.57 Å². The molecule has 1 fully saturated rings. The summed E-state index contributed by atoms with van der Waals surface area (Å²) in [4.78, 5) is 17.0. The minimum absolute atomic E-state index is 0.505. The van der Waals surface area contributed by atoms with E-state index < -0.39 is 7.75 Å². The summed E-state index contributed by atoms with van der Waals surface area (Å²) in [6.07, 6.45) is 0. The van der Waals surface area contributed by atoms with Gasteiger partial charge in [0, 0.05) is 13.1 Å². The van der Waals surface area contributed by atoms with E-state index in [-0.39, 0.29) is 0 Å². The van der Waals surface area contributed by atoms with E-state index in [1.165, 1.54) is 5.01 Å². The van der Waals surface area contributed by atoms with Gasteiger partial charge in [-0.2, -0.15) is 5.20 Å². The van der Waals surface area contributed by atoms with Gasteiger partial charge in [0.05, 0.1) is 13.2 Å². The van der Waals surface area contributed by atoms with E-state index in [4.69, 9.17) is 14.5 Å². The van der Waals surface area contributed by atoms with Crippen molar-refractivity contribution in [1.29, 1.82) is 0 Å². The maximum Gasteiger partial charge on any atom is 0.413 e. The SMILES string of the molecule is O=P(O)(O)NN1CCOCC1. The molecule has 0 aromatic rings. The first-order valence-electron chi connectivity index (χ1n) is 3.24. The van der Waals surface area contributed by atoms with Crippen molar-refractivity contribution in [1.82, 2.24) is 10.2 Å². The molecule has 0 unspecified atom stereocenters. The van der Waals surface area contributed by atoms with Gasteiger partial charge in [0.2, 0.25) is 0 Å². The molecule has 0 radical (unpaired) electrons. The first-order valence-corrected chi connectivity index (χ1v) is 4.85. The molecule has 3 N–H and O–H groups in total. The fourth-order valence-corrected chi connectivity index (χ4v) is 1.42. The van der Waals surface area contributed by atoms with Gasteiger partial charge in [0.1, 0.15) is 0 Å². The van der Waals surface area contributed by atoms with E-state index in [0.717, 1.165) is 0 Å². The van der Waals surface area contributed by atoms with Gasteiger partial charge in [-0.3, -0.25) is 0 Å². The molecule has 0 amide bonds. The van der Waals surface area contributed by atoms with E-state index in [1.807, 2.05) is 0 Å². The van der Waals surface area contributed by atoms with Crippen LogP contribution in [0.25, 0.3) is 0 Å². The van der Waals surface area contributed by atoms with Gasteiger partial charge < -0.3 is 14.5 Å². The number of rotatable bonds is 2. The van der Waals surface area contributed by atoms with Crippen LogP contribution in [0.4, 0.5) is 0 Å². The van der Waals surface area contributed by atoms with Crippen molar-refractivity contribution in [3.8, 4) is 0 Å². The zero-order valence-corrected chi connectivity index (χ0v) is 6.83. The molecule has 11 heavy (non-hydrogen) atoms. The molecule has 6 nitrogen and oxygen atoms in total. The fraction of sp³-hybridized carbons (Fsp3) is 1.00. The van der Waals surface area contributed by atoms with Gasteiger partial charge >= 0.3 is 7.75 Å². The molecular weight excluding hydrogens is 171 g/mol. The Bertz CT molecular complexity index is 163. The minimum Gasteiger partial charge on any atom is -0.379 e. The molecule has 0 aromatic carbocycles. The highest BCUT2D eigenvalue weighted by Crippen LogP contribution is 2.28. The molecule has 0 atom stereocenters. The predicted octanol–water partition coefficient (Wildman–Crippen LogP) is -1.08. The number of morpholine rings is 1. The quantitative estimate of drug-likeness (QED) is 0.471. The Kier molecular flexibility index (Phi) is 3.00. The van der Waals surface area contributed by atoms with Crippen molar-refractivity contribution in [2.24, 2.45) is 0 Å². The Labute approximate surface area is 64.3 Å². The lowest BCUT2D eigenvalue weighted by atomic mass is 10.5. The molecule has 0 aromatic heterocycles. The van der Waals surface area contributed by atoms with Crippen LogP contribution in [0.1, 0.15) is 0 Å². The summed E-state index contributed by atoms with van der Waals surface area (Å²) in [5, 5.41) is 3.54. The number of nitrogens with one attached hydrogen (secondary N) is 1. The Balaban J connectivity index is 2.30. The molecule has 1 saturated heterocycles. The molecular formula is C4H11N2O4P. The smallest absolute Gasteiger partial charge is 0.379 e. The van der Waals surface area contributed by atoms with Crippen LogP contribution in [0.2, 0.25) is 0 Å². The lowest BCUT2D eigenvalue weighted by molar-refractivity contribution is 0.0226. The summed E-state index contributed by atoms with van der Waals surface area (Å²) >= 11 is 0. The molecule has 66 valence electrons. The van der Waals surface area contributed by atoms with Crippen LogP contribution < -0.4 is 5.20 Å². The summed E-state index contributed by atoms with van der Waals surface area (Å²) in [7, 11) is -4.11. The summed E-state index contributed by atoms with van der Waals surface area (Å²) in [6, 6.07) is 0. The van der Waals surface area contributed by atoms with Crippen LogP contribution in [0, 0.1) is 0 Å². The fourth-order valence-electron chi connectivity index (χ4n) is 0.848. The average molecular weight is 182 g/mol. The van der Waals surface area contributed by atoms with Gasteiger partial charge in [-0.1, -0.05) is 0 Å². The second kappa shape index (κ2) is 3.62. The van der Waals surface area contributed by atoms with Crippen molar-refractivity contribution in [3.05, 3.63) is 0 Å². The largest absolute Gasteiger partial charge is 0.413 e.